The predicted molar refractivity (Wildman–Crippen MR) is 109 cm³/mol. The van der Waals surface area contributed by atoms with Gasteiger partial charge in [0.05, 0.1) is 11.1 Å². The van der Waals surface area contributed by atoms with E-state index in [1.165, 1.54) is 30.3 Å². The molecule has 0 aliphatic heterocycles. The molecule has 4 aromatic rings. The SMILES string of the molecule is Cc1cc(Nc2cccc(O)c2)c2oc(-c3ccc(O)c(O)c3)c(O)c(=O)c2c1. The molecule has 1 aromatic heterocycles. The zero-order valence-electron chi connectivity index (χ0n) is 15.3. The van der Waals surface area contributed by atoms with Crippen molar-refractivity contribution >= 4 is 22.3 Å². The standard InChI is InChI=1S/C22H17NO6/c1-11-7-15-19(27)20(28)21(12-5-6-17(25)18(26)9-12)29-22(15)16(8-11)23-13-3-2-4-14(24)10-13/h2-10,23-26,28H,1H3. The molecule has 0 saturated heterocycles. The highest BCUT2D eigenvalue weighted by Gasteiger charge is 2.19. The van der Waals surface area contributed by atoms with Crippen molar-refractivity contribution in [3.63, 3.8) is 0 Å². The van der Waals surface area contributed by atoms with E-state index in [1.54, 1.807) is 31.2 Å². The lowest BCUT2D eigenvalue weighted by atomic mass is 10.1. The summed E-state index contributed by atoms with van der Waals surface area (Å²) in [6, 6.07) is 13.7. The Bertz CT molecular complexity index is 1310. The number of fused-ring (bicyclic) bond motifs is 1. The van der Waals surface area contributed by atoms with E-state index >= 15 is 0 Å². The van der Waals surface area contributed by atoms with Crippen molar-refractivity contribution in [3.05, 3.63) is 70.4 Å². The fourth-order valence-electron chi connectivity index (χ4n) is 3.13. The molecule has 7 nitrogen and oxygen atoms in total. The van der Waals surface area contributed by atoms with Crippen LogP contribution in [-0.4, -0.2) is 20.4 Å². The van der Waals surface area contributed by atoms with Gasteiger partial charge in [0.15, 0.2) is 22.8 Å². The van der Waals surface area contributed by atoms with Gasteiger partial charge in [0.25, 0.3) is 0 Å². The van der Waals surface area contributed by atoms with Gasteiger partial charge in [-0.25, -0.2) is 0 Å². The van der Waals surface area contributed by atoms with Crippen LogP contribution in [0.15, 0.2) is 63.8 Å². The van der Waals surface area contributed by atoms with Crippen molar-refractivity contribution < 1.29 is 24.8 Å². The van der Waals surface area contributed by atoms with Crippen molar-refractivity contribution in [1.82, 2.24) is 0 Å². The summed E-state index contributed by atoms with van der Waals surface area (Å²) < 4.78 is 5.88. The number of phenols is 3. The van der Waals surface area contributed by atoms with Crippen LogP contribution >= 0.6 is 0 Å². The van der Waals surface area contributed by atoms with E-state index in [2.05, 4.69) is 5.32 Å². The summed E-state index contributed by atoms with van der Waals surface area (Å²) in [5.74, 6) is -1.41. The number of aryl methyl sites for hydroxylation is 1. The fraction of sp³-hybridized carbons (Fsp3) is 0.0455. The average molecular weight is 391 g/mol. The molecular formula is C22H17NO6. The summed E-state index contributed by atoms with van der Waals surface area (Å²) >= 11 is 0. The number of hydrogen-bond donors (Lipinski definition) is 5. The Morgan fingerprint density at radius 1 is 0.897 bits per heavy atom. The highest BCUT2D eigenvalue weighted by atomic mass is 16.4. The molecule has 146 valence electrons. The maximum Gasteiger partial charge on any atom is 0.235 e. The molecule has 29 heavy (non-hydrogen) atoms. The molecule has 4 rings (SSSR count). The third kappa shape index (κ3) is 3.29. The van der Waals surface area contributed by atoms with E-state index < -0.39 is 16.9 Å². The number of nitrogens with one attached hydrogen (secondary N) is 1. The normalized spacial score (nSPS) is 10.9. The molecule has 5 N–H and O–H groups in total. The smallest absolute Gasteiger partial charge is 0.235 e. The van der Waals surface area contributed by atoms with Crippen LogP contribution in [-0.2, 0) is 0 Å². The molecule has 7 heteroatoms. The van der Waals surface area contributed by atoms with Crippen LogP contribution in [0.25, 0.3) is 22.3 Å². The number of hydrogen-bond acceptors (Lipinski definition) is 7. The molecule has 0 saturated carbocycles. The first-order valence-corrected chi connectivity index (χ1v) is 8.72. The molecular weight excluding hydrogens is 374 g/mol. The van der Waals surface area contributed by atoms with E-state index in [9.17, 15) is 25.2 Å². The van der Waals surface area contributed by atoms with Gasteiger partial charge in [0, 0.05) is 17.3 Å². The molecule has 0 amide bonds. The van der Waals surface area contributed by atoms with Crippen molar-refractivity contribution in [1.29, 1.82) is 0 Å². The summed E-state index contributed by atoms with van der Waals surface area (Å²) in [5, 5.41) is 42.7. The Hall–Kier alpha value is -4.13. The molecule has 0 unspecified atom stereocenters. The lowest BCUT2D eigenvalue weighted by Gasteiger charge is -2.13. The molecule has 0 fully saturated rings. The van der Waals surface area contributed by atoms with Gasteiger partial charge < -0.3 is 30.2 Å². The molecule has 0 aliphatic carbocycles. The number of rotatable bonds is 3. The summed E-state index contributed by atoms with van der Waals surface area (Å²) in [4.78, 5) is 12.8. The van der Waals surface area contributed by atoms with E-state index in [-0.39, 0.29) is 33.8 Å². The second kappa shape index (κ2) is 6.79. The molecule has 1 heterocycles. The van der Waals surface area contributed by atoms with Crippen LogP contribution in [0.2, 0.25) is 0 Å². The van der Waals surface area contributed by atoms with Crippen molar-refractivity contribution in [2.45, 2.75) is 6.92 Å². The van der Waals surface area contributed by atoms with Crippen molar-refractivity contribution in [2.75, 3.05) is 5.32 Å². The summed E-state index contributed by atoms with van der Waals surface area (Å²) in [6.07, 6.45) is 0. The van der Waals surface area contributed by atoms with Crippen LogP contribution < -0.4 is 10.7 Å². The van der Waals surface area contributed by atoms with Crippen LogP contribution in [0, 0.1) is 6.92 Å². The van der Waals surface area contributed by atoms with Gasteiger partial charge in [0.1, 0.15) is 5.75 Å². The summed E-state index contributed by atoms with van der Waals surface area (Å²) in [5.41, 5.74) is 1.60. The van der Waals surface area contributed by atoms with Crippen molar-refractivity contribution in [2.24, 2.45) is 0 Å². The fourth-order valence-corrected chi connectivity index (χ4v) is 3.13. The Labute approximate surface area is 164 Å². The quantitative estimate of drug-likeness (QED) is 0.329. The Kier molecular flexibility index (Phi) is 4.27. The zero-order valence-corrected chi connectivity index (χ0v) is 15.3. The molecule has 3 aromatic carbocycles. The van der Waals surface area contributed by atoms with Gasteiger partial charge in [-0.05, 0) is 55.0 Å². The van der Waals surface area contributed by atoms with Crippen molar-refractivity contribution in [3.8, 4) is 34.3 Å². The van der Waals surface area contributed by atoms with E-state index in [4.69, 9.17) is 4.42 Å². The van der Waals surface area contributed by atoms with E-state index in [0.717, 1.165) is 5.56 Å². The first-order valence-electron chi connectivity index (χ1n) is 8.72. The molecule has 0 radical (unpaired) electrons. The first kappa shape index (κ1) is 18.2. The predicted octanol–water partition coefficient (Wildman–Crippen LogP) is 4.33. The molecule has 0 aliphatic rings. The van der Waals surface area contributed by atoms with Gasteiger partial charge >= 0.3 is 0 Å². The molecule has 0 atom stereocenters. The third-order valence-corrected chi connectivity index (χ3v) is 4.47. The van der Waals surface area contributed by atoms with Gasteiger partial charge in [-0.15, -0.1) is 0 Å². The van der Waals surface area contributed by atoms with E-state index in [0.29, 0.717) is 11.4 Å². The zero-order chi connectivity index (χ0) is 20.7. The highest BCUT2D eigenvalue weighted by molar-refractivity contribution is 5.93. The second-order valence-corrected chi connectivity index (χ2v) is 6.68. The number of anilines is 2. The largest absolute Gasteiger partial charge is 0.508 e. The Balaban J connectivity index is 1.96. The summed E-state index contributed by atoms with van der Waals surface area (Å²) in [6.45, 7) is 1.80. The average Bonchev–Trinajstić information content (AvgIpc) is 2.67. The van der Waals surface area contributed by atoms with E-state index in [1.807, 2.05) is 0 Å². The van der Waals surface area contributed by atoms with Crippen LogP contribution in [0.3, 0.4) is 0 Å². The topological polar surface area (TPSA) is 123 Å². The maximum absolute atomic E-state index is 12.8. The molecule has 0 bridgehead atoms. The van der Waals surface area contributed by atoms with Gasteiger partial charge in [-0.2, -0.15) is 0 Å². The van der Waals surface area contributed by atoms with Crippen LogP contribution in [0.5, 0.6) is 23.0 Å². The second-order valence-electron chi connectivity index (χ2n) is 6.68. The highest BCUT2D eigenvalue weighted by Crippen LogP contribution is 2.37. The van der Waals surface area contributed by atoms with Gasteiger partial charge in [-0.3, -0.25) is 4.79 Å². The maximum atomic E-state index is 12.8. The molecule has 0 spiro atoms. The minimum atomic E-state index is -0.628. The first-order chi connectivity index (χ1) is 13.8. The summed E-state index contributed by atoms with van der Waals surface area (Å²) in [7, 11) is 0. The van der Waals surface area contributed by atoms with Gasteiger partial charge in [-0.1, -0.05) is 6.07 Å². The Morgan fingerprint density at radius 3 is 2.41 bits per heavy atom. The van der Waals surface area contributed by atoms with Crippen LogP contribution in [0.4, 0.5) is 11.4 Å². The minimum Gasteiger partial charge on any atom is -0.508 e. The number of benzene rings is 3. The van der Waals surface area contributed by atoms with Gasteiger partial charge in [0.2, 0.25) is 11.2 Å². The minimum absolute atomic E-state index is 0.0753. The third-order valence-electron chi connectivity index (χ3n) is 4.47. The number of phenolic OH excluding ortho intramolecular Hbond substituents is 3. The monoisotopic (exact) mass is 391 g/mol. The lowest BCUT2D eigenvalue weighted by molar-refractivity contribution is 0.403. The number of aromatic hydroxyl groups is 4. The van der Waals surface area contributed by atoms with Crippen LogP contribution in [0.1, 0.15) is 5.56 Å². The lowest BCUT2D eigenvalue weighted by Crippen LogP contribution is -2.05. The Morgan fingerprint density at radius 2 is 1.69 bits per heavy atom.